The summed E-state index contributed by atoms with van der Waals surface area (Å²) >= 11 is 0. The van der Waals surface area contributed by atoms with E-state index in [0.29, 0.717) is 42.0 Å². The molecule has 14 heteroatoms. The van der Waals surface area contributed by atoms with Crippen LogP contribution in [0.4, 0.5) is 5.69 Å². The Morgan fingerprint density at radius 3 is 2.53 bits per heavy atom. The van der Waals surface area contributed by atoms with Crippen LogP contribution in [0.2, 0.25) is 0 Å². The molecule has 3 N–H and O–H groups in total. The third kappa shape index (κ3) is 7.41. The van der Waals surface area contributed by atoms with Crippen molar-refractivity contribution in [1.29, 1.82) is 0 Å². The van der Waals surface area contributed by atoms with E-state index in [4.69, 9.17) is 14.5 Å². The van der Waals surface area contributed by atoms with Gasteiger partial charge in [0.05, 0.1) is 30.6 Å². The van der Waals surface area contributed by atoms with Gasteiger partial charge in [0, 0.05) is 42.8 Å². The maximum Gasteiger partial charge on any atom is 0.266 e. The Bertz CT molecular complexity index is 2200. The molecule has 0 radical (unpaired) electrons. The zero-order valence-electron chi connectivity index (χ0n) is 29.5. The molecule has 3 aliphatic rings. The van der Waals surface area contributed by atoms with Crippen LogP contribution in [0, 0.1) is 5.92 Å². The normalized spacial score (nSPS) is 24.1. The van der Waals surface area contributed by atoms with Gasteiger partial charge >= 0.3 is 0 Å². The predicted octanol–water partition coefficient (Wildman–Crippen LogP) is 4.56. The number of benzene rings is 3. The number of aromatic nitrogens is 1. The van der Waals surface area contributed by atoms with Gasteiger partial charge in [-0.3, -0.25) is 19.2 Å². The highest BCUT2D eigenvalue weighted by molar-refractivity contribution is 7.90. The van der Waals surface area contributed by atoms with Crippen molar-refractivity contribution in [3.05, 3.63) is 78.9 Å². The lowest BCUT2D eigenvalue weighted by molar-refractivity contribution is -0.138. The number of methoxy groups -OCH3 is 1. The van der Waals surface area contributed by atoms with Crippen molar-refractivity contribution in [3.8, 4) is 22.8 Å². The molecule has 4 atom stereocenters. The van der Waals surface area contributed by atoms with Crippen molar-refractivity contribution >= 4 is 50.2 Å². The number of hydrogen-bond donors (Lipinski definition) is 3. The minimum atomic E-state index is -4.44. The first-order chi connectivity index (χ1) is 25.5. The maximum atomic E-state index is 14.1. The van der Waals surface area contributed by atoms with Crippen molar-refractivity contribution in [2.75, 3.05) is 19.0 Å². The largest absolute Gasteiger partial charge is 0.497 e. The Morgan fingerprint density at radius 2 is 1.75 bits per heavy atom. The molecular weight excluding hydrogens is 699 g/mol. The molecule has 3 aromatic carbocycles. The van der Waals surface area contributed by atoms with Gasteiger partial charge in [-0.15, -0.1) is 0 Å². The van der Waals surface area contributed by atoms with Gasteiger partial charge < -0.3 is 25.0 Å². The van der Waals surface area contributed by atoms with Crippen LogP contribution in [-0.2, 0) is 29.2 Å². The summed E-state index contributed by atoms with van der Waals surface area (Å²) in [5, 5.41) is 6.27. The molecule has 7 rings (SSSR count). The number of fused-ring (bicyclic) bond motifs is 3. The molecule has 0 unspecified atom stereocenters. The second kappa shape index (κ2) is 14.5. The second-order valence-corrected chi connectivity index (χ2v) is 15.5. The lowest BCUT2D eigenvalue weighted by Gasteiger charge is -2.26. The predicted molar refractivity (Wildman–Crippen MR) is 196 cm³/mol. The van der Waals surface area contributed by atoms with Crippen molar-refractivity contribution < 1.29 is 37.1 Å². The summed E-state index contributed by atoms with van der Waals surface area (Å²) in [6.07, 6.45) is 2.55. The molecule has 4 amide bonds. The quantitative estimate of drug-likeness (QED) is 0.256. The molecule has 1 aliphatic carbocycles. The average Bonchev–Trinajstić information content (AvgIpc) is 3.67. The third-order valence-corrected chi connectivity index (χ3v) is 11.7. The SMILES string of the molecule is COc1ccc2c(O[C@@H]3C[C@@H](C(=O)N[C@]45C[C@H]4CCCCCC(=O)Nc4ccccc4S(=O)(=O)NC5=O)N(C(C)=O)C3)cc(-c3ccccc3)nc2c1. The molecule has 0 bridgehead atoms. The van der Waals surface area contributed by atoms with Crippen molar-refractivity contribution in [2.45, 2.75) is 74.4 Å². The number of amides is 4. The van der Waals surface area contributed by atoms with Crippen molar-refractivity contribution in [2.24, 2.45) is 5.92 Å². The number of carbonyl (C=O) groups is 4. The van der Waals surface area contributed by atoms with E-state index in [1.165, 1.54) is 30.0 Å². The van der Waals surface area contributed by atoms with Gasteiger partial charge in [0.15, 0.2) is 0 Å². The van der Waals surface area contributed by atoms with Gasteiger partial charge in [-0.25, -0.2) is 18.1 Å². The van der Waals surface area contributed by atoms with Crippen LogP contribution in [0.25, 0.3) is 22.2 Å². The topological polar surface area (TPSA) is 173 Å². The highest BCUT2D eigenvalue weighted by Gasteiger charge is 2.62. The zero-order valence-corrected chi connectivity index (χ0v) is 30.3. The van der Waals surface area contributed by atoms with Crippen LogP contribution in [0.5, 0.6) is 11.5 Å². The van der Waals surface area contributed by atoms with Gasteiger partial charge in [-0.05, 0) is 49.4 Å². The molecule has 3 heterocycles. The summed E-state index contributed by atoms with van der Waals surface area (Å²) in [6, 6.07) is 21.9. The molecule has 53 heavy (non-hydrogen) atoms. The average molecular weight is 740 g/mol. The molecule has 13 nitrogen and oxygen atoms in total. The third-order valence-electron chi connectivity index (χ3n) is 10.3. The first-order valence-corrected chi connectivity index (χ1v) is 19.2. The van der Waals surface area contributed by atoms with Crippen LogP contribution in [0.3, 0.4) is 0 Å². The first-order valence-electron chi connectivity index (χ1n) is 17.7. The smallest absolute Gasteiger partial charge is 0.266 e. The van der Waals surface area contributed by atoms with E-state index in [-0.39, 0.29) is 54.1 Å². The number of sulfonamides is 1. The number of likely N-dealkylation sites (tertiary alicyclic amines) is 1. The molecule has 2 aliphatic heterocycles. The molecular formula is C39H41N5O8S. The van der Waals surface area contributed by atoms with Gasteiger partial charge in [-0.1, -0.05) is 55.3 Å². The van der Waals surface area contributed by atoms with Gasteiger partial charge in [0.1, 0.15) is 34.1 Å². The standard InChI is InChI=1S/C39H41N5O8S/c1-24(45)44-23-28(52-34-21-31(25-11-5-3-6-12-25)40-32-19-27(51-2)17-18-29(32)34)20-33(44)37(47)42-39-22-26(39)13-7-4-8-16-36(46)41-30-14-9-10-15-35(30)53(49,50)43-38(39)48/h3,5-6,9-12,14-15,17-19,21,26,28,33H,4,7-8,13,16,20,22-23H2,1-2H3,(H,41,46)(H,42,47)(H,43,48)/t26-,28-,33+,39-/m1/s1. The Hall–Kier alpha value is -5.50. The minimum Gasteiger partial charge on any atom is -0.497 e. The lowest BCUT2D eigenvalue weighted by atomic mass is 10.0. The number of para-hydroxylation sites is 1. The summed E-state index contributed by atoms with van der Waals surface area (Å²) in [6.45, 7) is 1.49. The lowest BCUT2D eigenvalue weighted by Crippen LogP contribution is -2.56. The van der Waals surface area contributed by atoms with E-state index in [2.05, 4.69) is 15.4 Å². The van der Waals surface area contributed by atoms with E-state index in [0.717, 1.165) is 17.4 Å². The van der Waals surface area contributed by atoms with Crippen molar-refractivity contribution in [1.82, 2.24) is 19.9 Å². The highest BCUT2D eigenvalue weighted by Crippen LogP contribution is 2.48. The number of anilines is 1. The fourth-order valence-corrected chi connectivity index (χ4v) is 8.63. The van der Waals surface area contributed by atoms with Crippen LogP contribution in [-0.4, -0.2) is 73.3 Å². The van der Waals surface area contributed by atoms with Crippen LogP contribution in [0.15, 0.2) is 83.8 Å². The van der Waals surface area contributed by atoms with E-state index in [9.17, 15) is 27.6 Å². The van der Waals surface area contributed by atoms with Gasteiger partial charge in [0.2, 0.25) is 17.7 Å². The number of ether oxygens (including phenoxy) is 2. The minimum absolute atomic E-state index is 0.0615. The zero-order chi connectivity index (χ0) is 37.3. The number of hydrogen-bond acceptors (Lipinski definition) is 9. The molecule has 1 saturated heterocycles. The van der Waals surface area contributed by atoms with Crippen LogP contribution >= 0.6 is 0 Å². The summed E-state index contributed by atoms with van der Waals surface area (Å²) in [4.78, 5) is 59.5. The van der Waals surface area contributed by atoms with E-state index >= 15 is 0 Å². The van der Waals surface area contributed by atoms with Gasteiger partial charge in [-0.2, -0.15) is 0 Å². The fraction of sp³-hybridized carbons (Fsp3) is 0.359. The van der Waals surface area contributed by atoms with Crippen LogP contribution in [0.1, 0.15) is 51.9 Å². The van der Waals surface area contributed by atoms with Crippen LogP contribution < -0.4 is 24.8 Å². The summed E-state index contributed by atoms with van der Waals surface area (Å²) in [5.41, 5.74) is 0.780. The van der Waals surface area contributed by atoms with E-state index in [1.807, 2.05) is 54.6 Å². The number of nitrogens with one attached hydrogen (secondary N) is 3. The summed E-state index contributed by atoms with van der Waals surface area (Å²) in [5.74, 6) is -1.25. The van der Waals surface area contributed by atoms with E-state index in [1.54, 1.807) is 13.2 Å². The van der Waals surface area contributed by atoms with Crippen molar-refractivity contribution in [3.63, 3.8) is 0 Å². The molecule has 1 saturated carbocycles. The summed E-state index contributed by atoms with van der Waals surface area (Å²) in [7, 11) is -2.86. The number of pyridine rings is 1. The second-order valence-electron chi connectivity index (χ2n) is 13.9. The first kappa shape index (κ1) is 35.9. The molecule has 4 aromatic rings. The highest BCUT2D eigenvalue weighted by atomic mass is 32.2. The fourth-order valence-electron chi connectivity index (χ4n) is 7.42. The molecule has 2 fully saturated rings. The monoisotopic (exact) mass is 739 g/mol. The summed E-state index contributed by atoms with van der Waals surface area (Å²) < 4.78 is 41.3. The molecule has 1 aromatic heterocycles. The number of carbonyl (C=O) groups excluding carboxylic acids is 4. The maximum absolute atomic E-state index is 14.1. The van der Waals surface area contributed by atoms with E-state index < -0.39 is 39.5 Å². The Labute approximate surface area is 307 Å². The Kier molecular flexibility index (Phi) is 9.81. The van der Waals surface area contributed by atoms with Gasteiger partial charge in [0.25, 0.3) is 15.9 Å². The Morgan fingerprint density at radius 1 is 0.981 bits per heavy atom. The molecule has 0 spiro atoms. The number of rotatable bonds is 6. The number of nitrogens with zero attached hydrogens (tertiary/aromatic N) is 2. The Balaban J connectivity index is 1.14. The molecule has 276 valence electrons.